The van der Waals surface area contributed by atoms with Crippen molar-refractivity contribution in [3.8, 4) is 0 Å². The molecule has 0 heterocycles. The Balaban J connectivity index is 3.68. The van der Waals surface area contributed by atoms with E-state index >= 15 is 0 Å². The Morgan fingerprint density at radius 1 is 1.23 bits per heavy atom. The summed E-state index contributed by atoms with van der Waals surface area (Å²) < 4.78 is 0. The van der Waals surface area contributed by atoms with Crippen LogP contribution in [-0.4, -0.2) is 5.33 Å². The lowest BCUT2D eigenvalue weighted by molar-refractivity contribution is 0.532. The molecule has 0 fully saturated rings. The van der Waals surface area contributed by atoms with Crippen LogP contribution in [0.1, 0.15) is 52.9 Å². The quantitative estimate of drug-likeness (QED) is 0.442. The first-order valence-electron chi connectivity index (χ1n) is 5.52. The van der Waals surface area contributed by atoms with Gasteiger partial charge in [0.15, 0.2) is 0 Å². The predicted octanol–water partition coefficient (Wildman–Crippen LogP) is 4.93. The summed E-state index contributed by atoms with van der Waals surface area (Å²) in [6.07, 6.45) is 8.79. The molecule has 0 bridgehead atoms. The molecular weight excluding hydrogens is 224 g/mol. The van der Waals surface area contributed by atoms with Crippen LogP contribution in [0.3, 0.4) is 0 Å². The van der Waals surface area contributed by atoms with Crippen molar-refractivity contribution in [2.24, 2.45) is 5.92 Å². The minimum absolute atomic E-state index is 0.867. The molecule has 78 valence electrons. The van der Waals surface area contributed by atoms with Gasteiger partial charge < -0.3 is 0 Å². The Morgan fingerprint density at radius 3 is 2.23 bits per heavy atom. The van der Waals surface area contributed by atoms with Gasteiger partial charge in [0.1, 0.15) is 0 Å². The molecule has 1 heteroatoms. The van der Waals surface area contributed by atoms with Crippen LogP contribution >= 0.6 is 15.9 Å². The van der Waals surface area contributed by atoms with Crippen molar-refractivity contribution in [2.75, 3.05) is 5.33 Å². The van der Waals surface area contributed by atoms with E-state index in [0.717, 1.165) is 11.2 Å². The number of rotatable bonds is 7. The lowest BCUT2D eigenvalue weighted by atomic mass is 10.0. The largest absolute Gasteiger partial charge is 0.0925 e. The van der Waals surface area contributed by atoms with E-state index in [1.165, 1.54) is 32.1 Å². The first kappa shape index (κ1) is 13.2. The first-order valence-corrected chi connectivity index (χ1v) is 6.64. The van der Waals surface area contributed by atoms with Gasteiger partial charge in [-0.2, -0.15) is 0 Å². The predicted molar refractivity (Wildman–Crippen MR) is 65.5 cm³/mol. The molecule has 0 radical (unpaired) electrons. The molecule has 13 heavy (non-hydrogen) atoms. The van der Waals surface area contributed by atoms with Gasteiger partial charge in [0.2, 0.25) is 0 Å². The monoisotopic (exact) mass is 246 g/mol. The summed E-state index contributed by atoms with van der Waals surface area (Å²) in [6, 6.07) is 0. The molecule has 0 aromatic heterocycles. The van der Waals surface area contributed by atoms with E-state index in [0.29, 0.717) is 0 Å². The molecule has 1 unspecified atom stereocenters. The second-order valence-electron chi connectivity index (χ2n) is 3.58. The van der Waals surface area contributed by atoms with Crippen LogP contribution in [-0.2, 0) is 0 Å². The van der Waals surface area contributed by atoms with Gasteiger partial charge >= 0.3 is 0 Å². The summed E-state index contributed by atoms with van der Waals surface area (Å²) in [4.78, 5) is 0. The van der Waals surface area contributed by atoms with Crippen molar-refractivity contribution in [3.05, 3.63) is 11.6 Å². The smallest absolute Gasteiger partial charge is 0.00596 e. The lowest BCUT2D eigenvalue weighted by Crippen LogP contribution is -1.98. The zero-order valence-electron chi connectivity index (χ0n) is 9.28. The van der Waals surface area contributed by atoms with Crippen LogP contribution in [0.15, 0.2) is 11.6 Å². The fourth-order valence-electron chi connectivity index (χ4n) is 1.45. The Bertz CT molecular complexity index is 128. The SMILES string of the molecule is CCC(=CCCC(CC)CBr)CC. The van der Waals surface area contributed by atoms with E-state index in [-0.39, 0.29) is 0 Å². The highest BCUT2D eigenvalue weighted by Gasteiger charge is 2.02. The van der Waals surface area contributed by atoms with E-state index in [2.05, 4.69) is 42.8 Å². The van der Waals surface area contributed by atoms with E-state index in [1.807, 2.05) is 0 Å². The number of hydrogen-bond donors (Lipinski definition) is 0. The molecule has 0 aliphatic heterocycles. The van der Waals surface area contributed by atoms with E-state index in [9.17, 15) is 0 Å². The molecule has 0 N–H and O–H groups in total. The van der Waals surface area contributed by atoms with Crippen molar-refractivity contribution in [3.63, 3.8) is 0 Å². The summed E-state index contributed by atoms with van der Waals surface area (Å²) in [7, 11) is 0. The van der Waals surface area contributed by atoms with Gasteiger partial charge in [-0.1, -0.05) is 54.8 Å². The molecule has 0 saturated carbocycles. The third-order valence-electron chi connectivity index (χ3n) is 2.71. The van der Waals surface area contributed by atoms with Gasteiger partial charge in [0.25, 0.3) is 0 Å². The Morgan fingerprint density at radius 2 is 1.85 bits per heavy atom. The zero-order valence-corrected chi connectivity index (χ0v) is 10.9. The molecule has 0 saturated heterocycles. The average Bonchev–Trinajstić information content (AvgIpc) is 2.19. The Labute approximate surface area is 91.9 Å². The molecule has 0 nitrogen and oxygen atoms in total. The third-order valence-corrected chi connectivity index (χ3v) is 3.63. The molecule has 0 aromatic carbocycles. The lowest BCUT2D eigenvalue weighted by Gasteiger charge is -2.09. The van der Waals surface area contributed by atoms with Crippen molar-refractivity contribution in [1.29, 1.82) is 0 Å². The third kappa shape index (κ3) is 6.31. The van der Waals surface area contributed by atoms with Gasteiger partial charge in [0.05, 0.1) is 0 Å². The standard InChI is InChI=1S/C12H23Br/c1-4-11(5-2)8-7-9-12(6-3)10-13/h8,12H,4-7,9-10H2,1-3H3. The number of alkyl halides is 1. The summed E-state index contributed by atoms with van der Waals surface area (Å²) in [5.41, 5.74) is 1.62. The summed E-state index contributed by atoms with van der Waals surface area (Å²) in [5.74, 6) is 0.867. The van der Waals surface area contributed by atoms with Crippen LogP contribution in [0.2, 0.25) is 0 Å². The minimum Gasteiger partial charge on any atom is -0.0925 e. The van der Waals surface area contributed by atoms with E-state index in [1.54, 1.807) is 5.57 Å². The van der Waals surface area contributed by atoms with Crippen LogP contribution in [0.5, 0.6) is 0 Å². The minimum atomic E-state index is 0.867. The average molecular weight is 247 g/mol. The Kier molecular flexibility index (Phi) is 8.95. The maximum atomic E-state index is 3.56. The van der Waals surface area contributed by atoms with Gasteiger partial charge in [0, 0.05) is 5.33 Å². The van der Waals surface area contributed by atoms with E-state index < -0.39 is 0 Å². The number of allylic oxidation sites excluding steroid dienone is 2. The van der Waals surface area contributed by atoms with Gasteiger partial charge in [-0.3, -0.25) is 0 Å². The van der Waals surface area contributed by atoms with Crippen molar-refractivity contribution >= 4 is 15.9 Å². The molecular formula is C12H23Br. The molecule has 0 amide bonds. The fraction of sp³-hybridized carbons (Fsp3) is 0.833. The molecule has 0 spiro atoms. The number of hydrogen-bond acceptors (Lipinski definition) is 0. The van der Waals surface area contributed by atoms with Gasteiger partial charge in [-0.25, -0.2) is 0 Å². The summed E-state index contributed by atoms with van der Waals surface area (Å²) >= 11 is 3.56. The topological polar surface area (TPSA) is 0 Å². The van der Waals surface area contributed by atoms with Crippen molar-refractivity contribution in [1.82, 2.24) is 0 Å². The maximum absolute atomic E-state index is 3.56. The van der Waals surface area contributed by atoms with E-state index in [4.69, 9.17) is 0 Å². The first-order chi connectivity index (χ1) is 6.28. The summed E-state index contributed by atoms with van der Waals surface area (Å²) in [5, 5.41) is 1.16. The molecule has 0 rings (SSSR count). The van der Waals surface area contributed by atoms with Crippen LogP contribution < -0.4 is 0 Å². The van der Waals surface area contributed by atoms with Crippen LogP contribution in [0.4, 0.5) is 0 Å². The molecule has 0 aliphatic carbocycles. The highest BCUT2D eigenvalue weighted by molar-refractivity contribution is 9.09. The highest BCUT2D eigenvalue weighted by atomic mass is 79.9. The van der Waals surface area contributed by atoms with Crippen LogP contribution in [0, 0.1) is 5.92 Å². The highest BCUT2D eigenvalue weighted by Crippen LogP contribution is 2.16. The molecule has 1 atom stereocenters. The van der Waals surface area contributed by atoms with Crippen molar-refractivity contribution < 1.29 is 0 Å². The van der Waals surface area contributed by atoms with Gasteiger partial charge in [-0.05, 0) is 31.6 Å². The number of halogens is 1. The van der Waals surface area contributed by atoms with Gasteiger partial charge in [-0.15, -0.1) is 0 Å². The maximum Gasteiger partial charge on any atom is 0.00596 e. The second-order valence-corrected chi connectivity index (χ2v) is 4.22. The molecule has 0 aromatic rings. The second kappa shape index (κ2) is 8.80. The summed E-state index contributed by atoms with van der Waals surface area (Å²) in [6.45, 7) is 6.77. The Hall–Kier alpha value is 0.220. The van der Waals surface area contributed by atoms with Crippen molar-refractivity contribution in [2.45, 2.75) is 52.9 Å². The molecule has 0 aliphatic rings. The van der Waals surface area contributed by atoms with Crippen LogP contribution in [0.25, 0.3) is 0 Å². The normalized spacial score (nSPS) is 12.6. The zero-order chi connectivity index (χ0) is 10.1. The fourth-order valence-corrected chi connectivity index (χ4v) is 2.23.